The molecule has 0 spiro atoms. The van der Waals surface area contributed by atoms with Crippen LogP contribution in [0.2, 0.25) is 0 Å². The predicted octanol–water partition coefficient (Wildman–Crippen LogP) is 2.41. The van der Waals surface area contributed by atoms with Gasteiger partial charge >= 0.3 is 0 Å². The van der Waals surface area contributed by atoms with Crippen LogP contribution in [0.3, 0.4) is 0 Å². The number of hydrogen-bond acceptors (Lipinski definition) is 4. The third-order valence-corrected chi connectivity index (χ3v) is 4.33. The number of benzene rings is 1. The zero-order valence-electron chi connectivity index (χ0n) is 12.4. The van der Waals surface area contributed by atoms with Crippen LogP contribution in [0.1, 0.15) is 31.4 Å². The molecule has 2 aliphatic heterocycles. The Hall–Kier alpha value is -1.26. The SMILES string of the molecule is CNC(CN1CCCC(C)C1)c1ccc2c(c1)OCO2. The Morgan fingerprint density at radius 2 is 2.20 bits per heavy atom. The van der Waals surface area contributed by atoms with Gasteiger partial charge in [0, 0.05) is 19.1 Å². The standard InChI is InChI=1S/C16H24N2O2/c1-12-4-3-7-18(9-12)10-14(17-2)13-5-6-15-16(8-13)20-11-19-15/h5-6,8,12,14,17H,3-4,7,9-11H2,1-2H3. The highest BCUT2D eigenvalue weighted by molar-refractivity contribution is 5.45. The number of likely N-dealkylation sites (N-methyl/N-ethyl adjacent to an activating group) is 1. The van der Waals surface area contributed by atoms with Crippen molar-refractivity contribution < 1.29 is 9.47 Å². The summed E-state index contributed by atoms with van der Waals surface area (Å²) in [5, 5.41) is 3.43. The van der Waals surface area contributed by atoms with Crippen molar-refractivity contribution in [3.8, 4) is 11.5 Å². The van der Waals surface area contributed by atoms with Crippen LogP contribution in [0.25, 0.3) is 0 Å². The van der Waals surface area contributed by atoms with Gasteiger partial charge in [0.25, 0.3) is 0 Å². The van der Waals surface area contributed by atoms with E-state index in [2.05, 4.69) is 29.3 Å². The summed E-state index contributed by atoms with van der Waals surface area (Å²) < 4.78 is 10.9. The van der Waals surface area contributed by atoms with Crippen LogP contribution in [0.5, 0.6) is 11.5 Å². The Bertz CT molecular complexity index is 464. The molecule has 4 heteroatoms. The van der Waals surface area contributed by atoms with Gasteiger partial charge in [-0.3, -0.25) is 0 Å². The van der Waals surface area contributed by atoms with Gasteiger partial charge in [-0.05, 0) is 50.0 Å². The van der Waals surface area contributed by atoms with E-state index in [1.54, 1.807) is 0 Å². The largest absolute Gasteiger partial charge is 0.454 e. The highest BCUT2D eigenvalue weighted by atomic mass is 16.7. The number of hydrogen-bond donors (Lipinski definition) is 1. The summed E-state index contributed by atoms with van der Waals surface area (Å²) in [7, 11) is 2.03. The summed E-state index contributed by atoms with van der Waals surface area (Å²) in [5.74, 6) is 2.54. The average molecular weight is 276 g/mol. The summed E-state index contributed by atoms with van der Waals surface area (Å²) in [5.41, 5.74) is 1.27. The van der Waals surface area contributed by atoms with Crippen molar-refractivity contribution >= 4 is 0 Å². The molecule has 2 unspecified atom stereocenters. The predicted molar refractivity (Wildman–Crippen MR) is 79.2 cm³/mol. The quantitative estimate of drug-likeness (QED) is 0.915. The summed E-state index contributed by atoms with van der Waals surface area (Å²) in [6.45, 7) is 6.17. The molecule has 2 heterocycles. The van der Waals surface area contributed by atoms with E-state index in [9.17, 15) is 0 Å². The van der Waals surface area contributed by atoms with Crippen molar-refractivity contribution in [2.45, 2.75) is 25.8 Å². The average Bonchev–Trinajstić information content (AvgIpc) is 2.92. The summed E-state index contributed by atoms with van der Waals surface area (Å²) in [4.78, 5) is 2.57. The lowest BCUT2D eigenvalue weighted by molar-refractivity contribution is 0.168. The molecule has 0 bridgehead atoms. The van der Waals surface area contributed by atoms with Crippen molar-refractivity contribution in [1.82, 2.24) is 10.2 Å². The molecule has 2 aliphatic rings. The van der Waals surface area contributed by atoms with Gasteiger partial charge in [0.05, 0.1) is 0 Å². The third-order valence-electron chi connectivity index (χ3n) is 4.33. The number of nitrogens with zero attached hydrogens (tertiary/aromatic N) is 1. The lowest BCUT2D eigenvalue weighted by atomic mass is 9.98. The van der Waals surface area contributed by atoms with Crippen LogP contribution >= 0.6 is 0 Å². The van der Waals surface area contributed by atoms with E-state index < -0.39 is 0 Å². The molecule has 1 N–H and O–H groups in total. The van der Waals surface area contributed by atoms with Gasteiger partial charge in [0.2, 0.25) is 6.79 Å². The molecule has 0 saturated carbocycles. The van der Waals surface area contributed by atoms with Crippen LogP contribution in [0, 0.1) is 5.92 Å². The number of ether oxygens (including phenoxy) is 2. The van der Waals surface area contributed by atoms with Gasteiger partial charge in [-0.15, -0.1) is 0 Å². The second-order valence-electron chi connectivity index (χ2n) is 5.96. The first-order valence-electron chi connectivity index (χ1n) is 7.55. The molecule has 110 valence electrons. The van der Waals surface area contributed by atoms with E-state index in [4.69, 9.17) is 9.47 Å². The molecule has 1 saturated heterocycles. The lowest BCUT2D eigenvalue weighted by Gasteiger charge is -2.33. The van der Waals surface area contributed by atoms with Gasteiger partial charge in [-0.25, -0.2) is 0 Å². The Balaban J connectivity index is 1.69. The van der Waals surface area contributed by atoms with Crippen LogP contribution < -0.4 is 14.8 Å². The zero-order valence-corrected chi connectivity index (χ0v) is 12.4. The monoisotopic (exact) mass is 276 g/mol. The van der Waals surface area contributed by atoms with E-state index >= 15 is 0 Å². The maximum atomic E-state index is 5.48. The van der Waals surface area contributed by atoms with E-state index in [0.717, 1.165) is 24.0 Å². The molecule has 20 heavy (non-hydrogen) atoms. The topological polar surface area (TPSA) is 33.7 Å². The number of nitrogens with one attached hydrogen (secondary N) is 1. The molecule has 2 atom stereocenters. The minimum atomic E-state index is 0.340. The molecule has 0 aromatic heterocycles. The summed E-state index contributed by atoms with van der Waals surface area (Å²) in [6.07, 6.45) is 2.68. The Labute approximate surface area is 121 Å². The fraction of sp³-hybridized carbons (Fsp3) is 0.625. The number of likely N-dealkylation sites (tertiary alicyclic amines) is 1. The normalized spacial score (nSPS) is 23.8. The Kier molecular flexibility index (Phi) is 4.13. The van der Waals surface area contributed by atoms with Gasteiger partial charge in [0.1, 0.15) is 0 Å². The van der Waals surface area contributed by atoms with Gasteiger partial charge in [-0.1, -0.05) is 13.0 Å². The van der Waals surface area contributed by atoms with Crippen molar-refractivity contribution in [1.29, 1.82) is 0 Å². The Morgan fingerprint density at radius 3 is 3.00 bits per heavy atom. The molecule has 0 aliphatic carbocycles. The van der Waals surface area contributed by atoms with Crippen LogP contribution in [0.4, 0.5) is 0 Å². The zero-order chi connectivity index (χ0) is 13.9. The summed E-state index contributed by atoms with van der Waals surface area (Å²) in [6, 6.07) is 6.61. The number of piperidine rings is 1. The first kappa shape index (κ1) is 13.7. The minimum Gasteiger partial charge on any atom is -0.454 e. The highest BCUT2D eigenvalue weighted by Gasteiger charge is 2.22. The van der Waals surface area contributed by atoms with E-state index in [1.807, 2.05) is 13.1 Å². The maximum Gasteiger partial charge on any atom is 0.231 e. The van der Waals surface area contributed by atoms with E-state index in [1.165, 1.54) is 31.5 Å². The highest BCUT2D eigenvalue weighted by Crippen LogP contribution is 2.34. The molecule has 1 aromatic carbocycles. The van der Waals surface area contributed by atoms with E-state index in [0.29, 0.717) is 12.8 Å². The number of fused-ring (bicyclic) bond motifs is 1. The minimum absolute atomic E-state index is 0.340. The van der Waals surface area contributed by atoms with Crippen molar-refractivity contribution in [2.24, 2.45) is 5.92 Å². The first-order chi connectivity index (χ1) is 9.76. The molecule has 4 nitrogen and oxygen atoms in total. The van der Waals surface area contributed by atoms with Gasteiger partial charge in [0.15, 0.2) is 11.5 Å². The fourth-order valence-corrected chi connectivity index (χ4v) is 3.20. The lowest BCUT2D eigenvalue weighted by Crippen LogP contribution is -2.39. The maximum absolute atomic E-state index is 5.48. The fourth-order valence-electron chi connectivity index (χ4n) is 3.20. The van der Waals surface area contributed by atoms with Gasteiger partial charge in [-0.2, -0.15) is 0 Å². The molecule has 1 aromatic rings. The van der Waals surface area contributed by atoms with Crippen LogP contribution in [-0.4, -0.2) is 38.4 Å². The van der Waals surface area contributed by atoms with Crippen molar-refractivity contribution in [3.05, 3.63) is 23.8 Å². The van der Waals surface area contributed by atoms with E-state index in [-0.39, 0.29) is 0 Å². The molecule has 0 radical (unpaired) electrons. The molecular formula is C16H24N2O2. The molecule has 0 amide bonds. The second kappa shape index (κ2) is 6.02. The van der Waals surface area contributed by atoms with Crippen LogP contribution in [0.15, 0.2) is 18.2 Å². The van der Waals surface area contributed by atoms with Crippen molar-refractivity contribution in [2.75, 3.05) is 33.5 Å². The van der Waals surface area contributed by atoms with Gasteiger partial charge < -0.3 is 19.7 Å². The first-order valence-corrected chi connectivity index (χ1v) is 7.55. The molecule has 3 rings (SSSR count). The molecular weight excluding hydrogens is 252 g/mol. The third kappa shape index (κ3) is 2.91. The van der Waals surface area contributed by atoms with Crippen LogP contribution in [-0.2, 0) is 0 Å². The smallest absolute Gasteiger partial charge is 0.231 e. The second-order valence-corrected chi connectivity index (χ2v) is 5.96. The molecule has 1 fully saturated rings. The number of rotatable bonds is 4. The Morgan fingerprint density at radius 1 is 1.35 bits per heavy atom. The summed E-state index contributed by atoms with van der Waals surface area (Å²) >= 11 is 0. The van der Waals surface area contributed by atoms with Crippen molar-refractivity contribution in [3.63, 3.8) is 0 Å².